The Kier molecular flexibility index (Phi) is 4.74. The van der Waals surface area contributed by atoms with Crippen LogP contribution in [0.2, 0.25) is 0 Å². The largest absolute Gasteiger partial charge is 0.321 e. The van der Waals surface area contributed by atoms with E-state index in [1.807, 2.05) is 13.0 Å². The van der Waals surface area contributed by atoms with Gasteiger partial charge in [0, 0.05) is 26.6 Å². The average Bonchev–Trinajstić information content (AvgIpc) is 2.43. The summed E-state index contributed by atoms with van der Waals surface area (Å²) in [6, 6.07) is 9.51. The van der Waals surface area contributed by atoms with Crippen molar-refractivity contribution in [3.8, 4) is 0 Å². The van der Waals surface area contributed by atoms with Gasteiger partial charge in [0.25, 0.3) is 11.6 Å². The molecule has 0 aromatic heterocycles. The Balaban J connectivity index is 2.33. The van der Waals surface area contributed by atoms with Gasteiger partial charge in [-0.25, -0.2) is 0 Å². The molecule has 21 heavy (non-hydrogen) atoms. The van der Waals surface area contributed by atoms with Gasteiger partial charge in [-0.15, -0.1) is 0 Å². The molecule has 0 saturated heterocycles. The van der Waals surface area contributed by atoms with Gasteiger partial charge in [0.1, 0.15) is 0 Å². The van der Waals surface area contributed by atoms with Crippen molar-refractivity contribution in [1.82, 2.24) is 0 Å². The molecule has 0 atom stereocenters. The van der Waals surface area contributed by atoms with Crippen LogP contribution in [0.25, 0.3) is 0 Å². The lowest BCUT2D eigenvalue weighted by Crippen LogP contribution is -2.14. The van der Waals surface area contributed by atoms with Gasteiger partial charge < -0.3 is 5.32 Å². The lowest BCUT2D eigenvalue weighted by atomic mass is 10.1. The van der Waals surface area contributed by atoms with Crippen LogP contribution in [0.3, 0.4) is 0 Å². The molecule has 2 rings (SSSR count). The van der Waals surface area contributed by atoms with E-state index in [9.17, 15) is 14.9 Å². The number of nitro groups is 1. The van der Waals surface area contributed by atoms with E-state index in [2.05, 4.69) is 37.2 Å². The van der Waals surface area contributed by atoms with E-state index in [0.717, 1.165) is 10.0 Å². The first-order chi connectivity index (χ1) is 9.90. The number of benzene rings is 2. The van der Waals surface area contributed by atoms with Crippen molar-refractivity contribution >= 4 is 49.1 Å². The van der Waals surface area contributed by atoms with Crippen LogP contribution < -0.4 is 5.32 Å². The summed E-state index contributed by atoms with van der Waals surface area (Å²) in [5.41, 5.74) is 1.58. The van der Waals surface area contributed by atoms with Crippen LogP contribution in [0.5, 0.6) is 0 Å². The zero-order valence-electron chi connectivity index (χ0n) is 10.9. The van der Waals surface area contributed by atoms with E-state index in [-0.39, 0.29) is 11.6 Å². The summed E-state index contributed by atoms with van der Waals surface area (Å²) >= 11 is 6.63. The molecule has 0 unspecified atom stereocenters. The van der Waals surface area contributed by atoms with Crippen LogP contribution >= 0.6 is 31.9 Å². The molecule has 0 bridgehead atoms. The molecule has 1 amide bonds. The van der Waals surface area contributed by atoms with Crippen LogP contribution in [-0.2, 0) is 0 Å². The summed E-state index contributed by atoms with van der Waals surface area (Å²) in [4.78, 5) is 22.6. The van der Waals surface area contributed by atoms with Crippen LogP contribution in [0.1, 0.15) is 15.9 Å². The molecule has 2 aromatic carbocycles. The maximum atomic E-state index is 12.3. The van der Waals surface area contributed by atoms with Crippen LogP contribution in [-0.4, -0.2) is 10.8 Å². The molecule has 0 aliphatic carbocycles. The highest BCUT2D eigenvalue weighted by Crippen LogP contribution is 2.28. The minimum atomic E-state index is -0.507. The van der Waals surface area contributed by atoms with Crippen molar-refractivity contribution in [2.45, 2.75) is 6.92 Å². The molecule has 7 heteroatoms. The number of carbonyl (C=O) groups is 1. The average molecular weight is 414 g/mol. The van der Waals surface area contributed by atoms with Crippen molar-refractivity contribution in [2.75, 3.05) is 5.32 Å². The van der Waals surface area contributed by atoms with Crippen molar-refractivity contribution in [3.63, 3.8) is 0 Å². The monoisotopic (exact) mass is 412 g/mol. The minimum Gasteiger partial charge on any atom is -0.321 e. The van der Waals surface area contributed by atoms with Crippen molar-refractivity contribution in [2.24, 2.45) is 0 Å². The van der Waals surface area contributed by atoms with Gasteiger partial charge in [-0.3, -0.25) is 14.9 Å². The standard InChI is InChI=1S/C14H10Br2N2O3/c1-8-10(3-2-4-11(8)15)14(19)17-13-7-9(18(20)21)5-6-12(13)16/h2-7H,1H3,(H,17,19). The third kappa shape index (κ3) is 3.48. The number of nitrogens with zero attached hydrogens (tertiary/aromatic N) is 1. The number of anilines is 1. The number of rotatable bonds is 3. The van der Waals surface area contributed by atoms with Gasteiger partial charge in [-0.1, -0.05) is 22.0 Å². The van der Waals surface area contributed by atoms with Gasteiger partial charge in [0.2, 0.25) is 0 Å². The predicted molar refractivity (Wildman–Crippen MR) is 87.6 cm³/mol. The van der Waals surface area contributed by atoms with Gasteiger partial charge in [0.05, 0.1) is 10.6 Å². The Hall–Kier alpha value is -1.73. The molecular weight excluding hydrogens is 404 g/mol. The van der Waals surface area contributed by atoms with Crippen molar-refractivity contribution < 1.29 is 9.72 Å². The number of nitro benzene ring substituents is 1. The molecule has 108 valence electrons. The number of halogens is 2. The quantitative estimate of drug-likeness (QED) is 0.586. The number of non-ortho nitro benzene ring substituents is 1. The molecular formula is C14H10Br2N2O3. The number of carbonyl (C=O) groups excluding carboxylic acids is 1. The van der Waals surface area contributed by atoms with Gasteiger partial charge in [-0.05, 0) is 46.6 Å². The Morgan fingerprint density at radius 1 is 1.19 bits per heavy atom. The summed E-state index contributed by atoms with van der Waals surface area (Å²) in [6.07, 6.45) is 0. The molecule has 0 spiro atoms. The Labute approximate surface area is 137 Å². The minimum absolute atomic E-state index is 0.0838. The first-order valence-corrected chi connectivity index (χ1v) is 7.49. The van der Waals surface area contributed by atoms with Gasteiger partial charge >= 0.3 is 0 Å². The zero-order chi connectivity index (χ0) is 15.6. The van der Waals surface area contributed by atoms with E-state index < -0.39 is 4.92 Å². The maximum Gasteiger partial charge on any atom is 0.271 e. The lowest BCUT2D eigenvalue weighted by Gasteiger charge is -2.10. The highest BCUT2D eigenvalue weighted by atomic mass is 79.9. The maximum absolute atomic E-state index is 12.3. The van der Waals surface area contributed by atoms with E-state index >= 15 is 0 Å². The van der Waals surface area contributed by atoms with Crippen LogP contribution in [0.4, 0.5) is 11.4 Å². The first kappa shape index (κ1) is 15.7. The number of hydrogen-bond donors (Lipinski definition) is 1. The lowest BCUT2D eigenvalue weighted by molar-refractivity contribution is -0.384. The number of hydrogen-bond acceptors (Lipinski definition) is 3. The molecule has 0 aliphatic heterocycles. The Morgan fingerprint density at radius 2 is 1.90 bits per heavy atom. The third-order valence-corrected chi connectivity index (χ3v) is 4.47. The van der Waals surface area contributed by atoms with Crippen LogP contribution in [0.15, 0.2) is 45.3 Å². The second-order valence-corrected chi connectivity index (χ2v) is 6.00. The predicted octanol–water partition coefficient (Wildman–Crippen LogP) is 4.68. The van der Waals surface area contributed by atoms with E-state index in [1.54, 1.807) is 12.1 Å². The topological polar surface area (TPSA) is 72.2 Å². The van der Waals surface area contributed by atoms with Gasteiger partial charge in [0.15, 0.2) is 0 Å². The van der Waals surface area contributed by atoms with E-state index in [4.69, 9.17) is 0 Å². The summed E-state index contributed by atoms with van der Waals surface area (Å²) in [5.74, 6) is -0.324. The summed E-state index contributed by atoms with van der Waals surface area (Å²) < 4.78 is 1.40. The Morgan fingerprint density at radius 3 is 2.57 bits per heavy atom. The molecule has 0 radical (unpaired) electrons. The molecule has 2 aromatic rings. The SMILES string of the molecule is Cc1c(Br)cccc1C(=O)Nc1cc([N+](=O)[O-])ccc1Br. The second-order valence-electron chi connectivity index (χ2n) is 4.29. The molecule has 0 heterocycles. The summed E-state index contributed by atoms with van der Waals surface area (Å²) in [5, 5.41) is 13.5. The molecule has 0 aliphatic rings. The highest BCUT2D eigenvalue weighted by molar-refractivity contribution is 9.10. The smallest absolute Gasteiger partial charge is 0.271 e. The molecule has 1 N–H and O–H groups in total. The summed E-state index contributed by atoms with van der Waals surface area (Å²) in [7, 11) is 0. The fraction of sp³-hybridized carbons (Fsp3) is 0.0714. The van der Waals surface area contributed by atoms with Gasteiger partial charge in [-0.2, -0.15) is 0 Å². The first-order valence-electron chi connectivity index (χ1n) is 5.90. The summed E-state index contributed by atoms with van der Waals surface area (Å²) in [6.45, 7) is 1.82. The fourth-order valence-corrected chi connectivity index (χ4v) is 2.48. The highest BCUT2D eigenvalue weighted by Gasteiger charge is 2.15. The molecule has 0 saturated carbocycles. The number of amides is 1. The number of nitrogens with one attached hydrogen (secondary N) is 1. The van der Waals surface area contributed by atoms with E-state index in [1.165, 1.54) is 18.2 Å². The van der Waals surface area contributed by atoms with Crippen molar-refractivity contribution in [1.29, 1.82) is 0 Å². The second kappa shape index (κ2) is 6.36. The van der Waals surface area contributed by atoms with E-state index in [0.29, 0.717) is 15.7 Å². The molecule has 0 fully saturated rings. The van der Waals surface area contributed by atoms with Crippen LogP contribution in [0, 0.1) is 17.0 Å². The normalized spacial score (nSPS) is 10.2. The fourth-order valence-electron chi connectivity index (χ4n) is 1.77. The van der Waals surface area contributed by atoms with Crippen molar-refractivity contribution in [3.05, 3.63) is 66.6 Å². The Bertz CT molecular complexity index is 732. The molecule has 5 nitrogen and oxygen atoms in total. The zero-order valence-corrected chi connectivity index (χ0v) is 14.1. The third-order valence-electron chi connectivity index (χ3n) is 2.92.